The molecule has 0 radical (unpaired) electrons. The van der Waals surface area contributed by atoms with Gasteiger partial charge in [-0.25, -0.2) is 4.98 Å². The zero-order valence-corrected chi connectivity index (χ0v) is 24.7. The molecule has 214 valence electrons. The van der Waals surface area contributed by atoms with Crippen LogP contribution in [0.15, 0.2) is 78.0 Å². The van der Waals surface area contributed by atoms with Gasteiger partial charge >= 0.3 is 0 Å². The fourth-order valence-electron chi connectivity index (χ4n) is 5.44. The molecule has 2 aromatic heterocycles. The van der Waals surface area contributed by atoms with Crippen LogP contribution < -0.4 is 4.74 Å². The molecule has 42 heavy (non-hydrogen) atoms. The molecule has 1 saturated heterocycles. The number of carbonyl (C=O) groups is 2. The van der Waals surface area contributed by atoms with Crippen molar-refractivity contribution in [3.05, 3.63) is 89.5 Å². The van der Waals surface area contributed by atoms with Gasteiger partial charge in [-0.05, 0) is 55.8 Å². The van der Waals surface area contributed by atoms with Crippen molar-refractivity contribution in [1.82, 2.24) is 29.5 Å². The zero-order chi connectivity index (χ0) is 29.2. The molecule has 1 atom stereocenters. The molecule has 2 amide bonds. The Morgan fingerprint density at radius 2 is 1.79 bits per heavy atom. The molecule has 10 heteroatoms. The summed E-state index contributed by atoms with van der Waals surface area (Å²) in [5, 5.41) is 10.4. The monoisotopic (exact) mass is 580 g/mol. The molecular formula is C32H32N6O3S. The summed E-state index contributed by atoms with van der Waals surface area (Å²) in [7, 11) is 1.60. The van der Waals surface area contributed by atoms with E-state index < -0.39 is 0 Å². The maximum Gasteiger partial charge on any atom is 0.254 e. The predicted octanol–water partition coefficient (Wildman–Crippen LogP) is 4.81. The second-order valence-corrected chi connectivity index (χ2v) is 11.5. The van der Waals surface area contributed by atoms with Gasteiger partial charge in [-0.1, -0.05) is 53.7 Å². The number of benzene rings is 3. The van der Waals surface area contributed by atoms with E-state index >= 15 is 0 Å². The number of fused-ring (bicyclic) bond motifs is 3. The van der Waals surface area contributed by atoms with Gasteiger partial charge in [0.05, 0.1) is 18.4 Å². The van der Waals surface area contributed by atoms with Crippen molar-refractivity contribution < 1.29 is 14.3 Å². The fourth-order valence-corrected chi connectivity index (χ4v) is 6.13. The van der Waals surface area contributed by atoms with Crippen molar-refractivity contribution in [1.29, 1.82) is 0 Å². The Morgan fingerprint density at radius 3 is 2.52 bits per heavy atom. The quantitative estimate of drug-likeness (QED) is 0.255. The van der Waals surface area contributed by atoms with Gasteiger partial charge in [0.1, 0.15) is 11.3 Å². The van der Waals surface area contributed by atoms with Crippen LogP contribution in [0.2, 0.25) is 0 Å². The number of aryl methyl sites for hydroxylation is 1. The van der Waals surface area contributed by atoms with Crippen molar-refractivity contribution in [2.45, 2.75) is 31.6 Å². The standard InChI is InChI=1S/C32H32N6O3S/c1-21-9-14-27-26(17-21)29-30(38(27)19-23-7-5-4-6-8-23)33-32(35-34-29)42-20-28(39)36-15-16-37(22(2)18-36)31(40)24-10-12-25(41-3)13-11-24/h4-14,17,22H,15-16,18-20H2,1-3H3. The number of aromatic nitrogens is 4. The van der Waals surface area contributed by atoms with Crippen LogP contribution in [-0.2, 0) is 11.3 Å². The molecule has 5 aromatic rings. The summed E-state index contributed by atoms with van der Waals surface area (Å²) in [5.41, 5.74) is 5.48. The number of rotatable bonds is 7. The van der Waals surface area contributed by atoms with E-state index in [1.165, 1.54) is 17.3 Å². The number of methoxy groups -OCH3 is 1. The lowest BCUT2D eigenvalue weighted by Gasteiger charge is -2.40. The van der Waals surface area contributed by atoms with Crippen LogP contribution in [0, 0.1) is 6.92 Å². The Kier molecular flexibility index (Phi) is 7.80. The topological polar surface area (TPSA) is 93.5 Å². The lowest BCUT2D eigenvalue weighted by atomic mass is 10.1. The van der Waals surface area contributed by atoms with E-state index in [2.05, 4.69) is 52.0 Å². The van der Waals surface area contributed by atoms with E-state index in [4.69, 9.17) is 9.72 Å². The number of hydrogen-bond acceptors (Lipinski definition) is 7. The molecule has 9 nitrogen and oxygen atoms in total. The Balaban J connectivity index is 1.15. The first-order chi connectivity index (χ1) is 20.4. The molecule has 0 bridgehead atoms. The van der Waals surface area contributed by atoms with Gasteiger partial charge in [0.25, 0.3) is 5.91 Å². The Hall–Kier alpha value is -4.44. The number of nitrogens with zero attached hydrogens (tertiary/aromatic N) is 6. The first-order valence-electron chi connectivity index (χ1n) is 13.9. The fraction of sp³-hybridized carbons (Fsp3) is 0.281. The molecule has 0 spiro atoms. The van der Waals surface area contributed by atoms with Gasteiger partial charge in [-0.15, -0.1) is 10.2 Å². The normalized spacial score (nSPS) is 15.4. The molecule has 6 rings (SSSR count). The second-order valence-electron chi connectivity index (χ2n) is 10.6. The SMILES string of the molecule is COc1ccc(C(=O)N2CCN(C(=O)CSc3nnc4c5cc(C)ccc5n(Cc5ccccc5)c4n3)CC2C)cc1. The molecule has 1 unspecified atom stereocenters. The molecule has 0 N–H and O–H groups in total. The first-order valence-corrected chi connectivity index (χ1v) is 14.9. The first kappa shape index (κ1) is 27.7. The molecular weight excluding hydrogens is 548 g/mol. The smallest absolute Gasteiger partial charge is 0.254 e. The van der Waals surface area contributed by atoms with Crippen LogP contribution in [0.1, 0.15) is 28.4 Å². The lowest BCUT2D eigenvalue weighted by Crippen LogP contribution is -2.55. The average Bonchev–Trinajstić information content (AvgIpc) is 3.31. The van der Waals surface area contributed by atoms with E-state index in [0.717, 1.165) is 27.6 Å². The molecule has 1 aliphatic rings. The molecule has 3 aromatic carbocycles. The van der Waals surface area contributed by atoms with Gasteiger partial charge < -0.3 is 19.1 Å². The Labute approximate surface area is 248 Å². The molecule has 1 fully saturated rings. The molecule has 1 aliphatic heterocycles. The summed E-state index contributed by atoms with van der Waals surface area (Å²) in [6, 6.07) is 23.6. The average molecular weight is 581 g/mol. The van der Waals surface area contributed by atoms with Crippen molar-refractivity contribution >= 4 is 45.6 Å². The number of ether oxygens (including phenoxy) is 1. The van der Waals surface area contributed by atoms with E-state index in [9.17, 15) is 9.59 Å². The third-order valence-electron chi connectivity index (χ3n) is 7.69. The van der Waals surface area contributed by atoms with Crippen LogP contribution in [0.4, 0.5) is 0 Å². The van der Waals surface area contributed by atoms with Gasteiger partial charge in [0, 0.05) is 43.2 Å². The maximum absolute atomic E-state index is 13.2. The maximum atomic E-state index is 13.2. The summed E-state index contributed by atoms with van der Waals surface area (Å²) < 4.78 is 7.36. The highest BCUT2D eigenvalue weighted by molar-refractivity contribution is 7.99. The van der Waals surface area contributed by atoms with Crippen molar-refractivity contribution in [3.8, 4) is 5.75 Å². The summed E-state index contributed by atoms with van der Waals surface area (Å²) in [5.74, 6) is 0.858. The van der Waals surface area contributed by atoms with Crippen LogP contribution in [0.25, 0.3) is 22.1 Å². The molecule has 0 saturated carbocycles. The summed E-state index contributed by atoms with van der Waals surface area (Å²) in [6.45, 7) is 6.13. The highest BCUT2D eigenvalue weighted by atomic mass is 32.2. The van der Waals surface area contributed by atoms with Crippen molar-refractivity contribution in [2.75, 3.05) is 32.5 Å². The van der Waals surface area contributed by atoms with Crippen molar-refractivity contribution in [3.63, 3.8) is 0 Å². The van der Waals surface area contributed by atoms with Gasteiger partial charge in [0.15, 0.2) is 5.65 Å². The van der Waals surface area contributed by atoms with Gasteiger partial charge in [-0.3, -0.25) is 9.59 Å². The lowest BCUT2D eigenvalue weighted by molar-refractivity contribution is -0.130. The highest BCUT2D eigenvalue weighted by Crippen LogP contribution is 2.29. The molecule has 3 heterocycles. The minimum absolute atomic E-state index is 0.00690. The predicted molar refractivity (Wildman–Crippen MR) is 164 cm³/mol. The number of hydrogen-bond donors (Lipinski definition) is 0. The van der Waals surface area contributed by atoms with Crippen molar-refractivity contribution in [2.24, 2.45) is 0 Å². The molecule has 0 aliphatic carbocycles. The number of amides is 2. The van der Waals surface area contributed by atoms with Crippen LogP contribution in [0.3, 0.4) is 0 Å². The van der Waals surface area contributed by atoms with E-state index in [1.54, 1.807) is 31.4 Å². The minimum Gasteiger partial charge on any atom is -0.497 e. The van der Waals surface area contributed by atoms with Crippen LogP contribution >= 0.6 is 11.8 Å². The zero-order valence-electron chi connectivity index (χ0n) is 23.9. The number of thioether (sulfide) groups is 1. The summed E-state index contributed by atoms with van der Waals surface area (Å²) >= 11 is 1.29. The van der Waals surface area contributed by atoms with Crippen LogP contribution in [0.5, 0.6) is 5.75 Å². The van der Waals surface area contributed by atoms with E-state index in [0.29, 0.717) is 42.6 Å². The van der Waals surface area contributed by atoms with Gasteiger partial charge in [0.2, 0.25) is 11.1 Å². The van der Waals surface area contributed by atoms with E-state index in [-0.39, 0.29) is 23.6 Å². The van der Waals surface area contributed by atoms with Crippen LogP contribution in [-0.4, -0.2) is 79.9 Å². The number of carbonyl (C=O) groups excluding carboxylic acids is 2. The summed E-state index contributed by atoms with van der Waals surface area (Å²) in [4.78, 5) is 34.8. The minimum atomic E-state index is -0.103. The Bertz CT molecular complexity index is 1760. The largest absolute Gasteiger partial charge is 0.497 e. The van der Waals surface area contributed by atoms with E-state index in [1.807, 2.05) is 34.9 Å². The van der Waals surface area contributed by atoms with Gasteiger partial charge in [-0.2, -0.15) is 0 Å². The summed E-state index contributed by atoms with van der Waals surface area (Å²) in [6.07, 6.45) is 0. The third-order valence-corrected chi connectivity index (χ3v) is 8.51. The second kappa shape index (κ2) is 11.8. The highest BCUT2D eigenvalue weighted by Gasteiger charge is 2.30. The third kappa shape index (κ3) is 5.54. The number of piperazine rings is 1. The Morgan fingerprint density at radius 1 is 1.00 bits per heavy atom.